The summed E-state index contributed by atoms with van der Waals surface area (Å²) in [5.41, 5.74) is 3.50. The summed E-state index contributed by atoms with van der Waals surface area (Å²) in [7, 11) is 0. The van der Waals surface area contributed by atoms with Gasteiger partial charge in [-0.3, -0.25) is 19.8 Å². The summed E-state index contributed by atoms with van der Waals surface area (Å²) in [6.45, 7) is 6.08. The number of thiazole rings is 1. The van der Waals surface area contributed by atoms with E-state index in [4.69, 9.17) is 4.74 Å². The molecule has 2 N–H and O–H groups in total. The van der Waals surface area contributed by atoms with E-state index in [-0.39, 0.29) is 24.3 Å². The van der Waals surface area contributed by atoms with E-state index in [0.717, 1.165) is 31.8 Å². The van der Waals surface area contributed by atoms with Gasteiger partial charge in [-0.1, -0.05) is 42.5 Å². The van der Waals surface area contributed by atoms with Crippen molar-refractivity contribution in [2.24, 2.45) is 0 Å². The molecular weight excluding hydrogens is 436 g/mol. The molecule has 1 aliphatic heterocycles. The Bertz CT molecular complexity index is 1090. The van der Waals surface area contributed by atoms with Gasteiger partial charge in [0.1, 0.15) is 0 Å². The minimum Gasteiger partial charge on any atom is -0.376 e. The number of rotatable bonds is 8. The molecule has 3 aromatic rings. The van der Waals surface area contributed by atoms with E-state index in [0.29, 0.717) is 22.9 Å². The SMILES string of the molecule is CC1CN(Cc2cccc(CNC(=O)Cc3csc(NC(=O)c4ccccc4)n3)c2)CCO1. The highest BCUT2D eigenvalue weighted by atomic mass is 32.1. The van der Waals surface area contributed by atoms with Crippen LogP contribution in [0.15, 0.2) is 60.0 Å². The van der Waals surface area contributed by atoms with E-state index in [2.05, 4.69) is 39.6 Å². The highest BCUT2D eigenvalue weighted by Crippen LogP contribution is 2.17. The molecule has 2 aromatic carbocycles. The first-order valence-corrected chi connectivity index (χ1v) is 11.9. The molecule has 8 heteroatoms. The third-order valence-electron chi connectivity index (χ3n) is 5.36. The number of nitrogens with one attached hydrogen (secondary N) is 2. The molecule has 1 saturated heterocycles. The molecule has 33 heavy (non-hydrogen) atoms. The normalized spacial score (nSPS) is 16.3. The molecule has 0 bridgehead atoms. The van der Waals surface area contributed by atoms with E-state index in [9.17, 15) is 9.59 Å². The predicted molar refractivity (Wildman–Crippen MR) is 129 cm³/mol. The van der Waals surface area contributed by atoms with E-state index in [1.54, 1.807) is 17.5 Å². The van der Waals surface area contributed by atoms with Crippen molar-refractivity contribution in [1.29, 1.82) is 0 Å². The highest BCUT2D eigenvalue weighted by molar-refractivity contribution is 7.14. The molecule has 2 heterocycles. The van der Waals surface area contributed by atoms with Crippen molar-refractivity contribution >= 4 is 28.3 Å². The fourth-order valence-corrected chi connectivity index (χ4v) is 4.47. The molecule has 0 aliphatic carbocycles. The third-order valence-corrected chi connectivity index (χ3v) is 6.17. The van der Waals surface area contributed by atoms with Crippen molar-refractivity contribution in [1.82, 2.24) is 15.2 Å². The second-order valence-electron chi connectivity index (χ2n) is 8.15. The number of ether oxygens (including phenoxy) is 1. The molecule has 4 rings (SSSR count). The van der Waals surface area contributed by atoms with Gasteiger partial charge >= 0.3 is 0 Å². The van der Waals surface area contributed by atoms with Crippen LogP contribution in [0.2, 0.25) is 0 Å². The van der Waals surface area contributed by atoms with Crippen molar-refractivity contribution in [3.05, 3.63) is 82.4 Å². The zero-order valence-corrected chi connectivity index (χ0v) is 19.4. The van der Waals surface area contributed by atoms with Crippen LogP contribution in [-0.4, -0.2) is 47.5 Å². The van der Waals surface area contributed by atoms with Gasteiger partial charge in [0.2, 0.25) is 5.91 Å². The monoisotopic (exact) mass is 464 g/mol. The molecular formula is C25H28N4O3S. The Morgan fingerprint density at radius 1 is 1.15 bits per heavy atom. The second kappa shape index (κ2) is 11.2. The summed E-state index contributed by atoms with van der Waals surface area (Å²) in [4.78, 5) is 31.4. The van der Waals surface area contributed by atoms with Gasteiger partial charge in [0.25, 0.3) is 5.91 Å². The van der Waals surface area contributed by atoms with Crippen molar-refractivity contribution in [3.63, 3.8) is 0 Å². The van der Waals surface area contributed by atoms with Gasteiger partial charge in [0.05, 0.1) is 24.8 Å². The number of hydrogen-bond donors (Lipinski definition) is 2. The molecule has 1 fully saturated rings. The van der Waals surface area contributed by atoms with Crippen LogP contribution in [0, 0.1) is 0 Å². The Hall–Kier alpha value is -3.07. The standard InChI is InChI=1S/C25H28N4O3S/c1-18-15-29(10-11-32-18)16-20-7-5-6-19(12-20)14-26-23(30)13-22-17-33-25(27-22)28-24(31)21-8-3-2-4-9-21/h2-9,12,17-18H,10-11,13-16H2,1H3,(H,26,30)(H,27,28,31). The maximum atomic E-state index is 12.4. The Kier molecular flexibility index (Phi) is 7.83. The number of anilines is 1. The lowest BCUT2D eigenvalue weighted by Crippen LogP contribution is -2.40. The molecule has 7 nitrogen and oxygen atoms in total. The molecule has 0 spiro atoms. The third kappa shape index (κ3) is 6.95. The Morgan fingerprint density at radius 3 is 2.79 bits per heavy atom. The summed E-state index contributed by atoms with van der Waals surface area (Å²) >= 11 is 1.31. The van der Waals surface area contributed by atoms with Crippen molar-refractivity contribution in [2.45, 2.75) is 32.5 Å². The number of amides is 2. The summed E-state index contributed by atoms with van der Waals surface area (Å²) < 4.78 is 5.61. The fourth-order valence-electron chi connectivity index (χ4n) is 3.76. The van der Waals surface area contributed by atoms with Crippen molar-refractivity contribution < 1.29 is 14.3 Å². The number of morpholine rings is 1. The summed E-state index contributed by atoms with van der Waals surface area (Å²) in [5.74, 6) is -0.319. The zero-order valence-electron chi connectivity index (χ0n) is 18.6. The minimum atomic E-state index is -0.215. The molecule has 0 radical (unpaired) electrons. The smallest absolute Gasteiger partial charge is 0.257 e. The lowest BCUT2D eigenvalue weighted by atomic mass is 10.1. The number of carbonyl (C=O) groups excluding carboxylic acids is 2. The zero-order chi connectivity index (χ0) is 23.0. The predicted octanol–water partition coefficient (Wildman–Crippen LogP) is 3.48. The van der Waals surface area contributed by atoms with Crippen LogP contribution in [-0.2, 0) is 29.0 Å². The van der Waals surface area contributed by atoms with Gasteiger partial charge in [-0.2, -0.15) is 0 Å². The van der Waals surface area contributed by atoms with E-state index in [1.165, 1.54) is 16.9 Å². The lowest BCUT2D eigenvalue weighted by molar-refractivity contribution is -0.120. The average molecular weight is 465 g/mol. The number of benzene rings is 2. The molecule has 1 atom stereocenters. The molecule has 1 aliphatic rings. The molecule has 1 unspecified atom stereocenters. The number of hydrogen-bond acceptors (Lipinski definition) is 6. The lowest BCUT2D eigenvalue weighted by Gasteiger charge is -2.31. The number of carbonyl (C=O) groups is 2. The van der Waals surface area contributed by atoms with Crippen molar-refractivity contribution in [3.8, 4) is 0 Å². The topological polar surface area (TPSA) is 83.6 Å². The van der Waals surface area contributed by atoms with Crippen molar-refractivity contribution in [2.75, 3.05) is 25.0 Å². The van der Waals surface area contributed by atoms with E-state index in [1.807, 2.05) is 30.3 Å². The summed E-state index contributed by atoms with van der Waals surface area (Å²) in [6, 6.07) is 17.3. The number of nitrogens with zero attached hydrogens (tertiary/aromatic N) is 2. The van der Waals surface area contributed by atoms with Crippen LogP contribution in [0.3, 0.4) is 0 Å². The van der Waals surface area contributed by atoms with Gasteiger partial charge in [-0.25, -0.2) is 4.98 Å². The first kappa shape index (κ1) is 23.1. The van der Waals surface area contributed by atoms with Gasteiger partial charge < -0.3 is 10.1 Å². The Balaban J connectivity index is 1.25. The fraction of sp³-hybridized carbons (Fsp3) is 0.320. The van der Waals surface area contributed by atoms with Gasteiger partial charge in [0.15, 0.2) is 5.13 Å². The second-order valence-corrected chi connectivity index (χ2v) is 9.01. The van der Waals surface area contributed by atoms with Gasteiger partial charge in [-0.15, -0.1) is 11.3 Å². The molecule has 0 saturated carbocycles. The maximum absolute atomic E-state index is 12.4. The summed E-state index contributed by atoms with van der Waals surface area (Å²) in [5, 5.41) is 8.02. The molecule has 172 valence electrons. The first-order valence-electron chi connectivity index (χ1n) is 11.0. The Morgan fingerprint density at radius 2 is 1.97 bits per heavy atom. The quantitative estimate of drug-likeness (QED) is 0.533. The van der Waals surface area contributed by atoms with Gasteiger partial charge in [0, 0.05) is 37.1 Å². The van der Waals surface area contributed by atoms with Crippen LogP contribution < -0.4 is 10.6 Å². The van der Waals surface area contributed by atoms with E-state index >= 15 is 0 Å². The highest BCUT2D eigenvalue weighted by Gasteiger charge is 2.17. The molecule has 1 aromatic heterocycles. The molecule has 2 amide bonds. The maximum Gasteiger partial charge on any atom is 0.257 e. The number of aromatic nitrogens is 1. The van der Waals surface area contributed by atoms with Crippen LogP contribution in [0.1, 0.15) is 34.1 Å². The first-order chi connectivity index (χ1) is 16.0. The van der Waals surface area contributed by atoms with Gasteiger partial charge in [-0.05, 0) is 30.2 Å². The Labute approximate surface area is 197 Å². The van der Waals surface area contributed by atoms with Crippen LogP contribution >= 0.6 is 11.3 Å². The summed E-state index contributed by atoms with van der Waals surface area (Å²) in [6.07, 6.45) is 0.433. The minimum absolute atomic E-state index is 0.103. The van der Waals surface area contributed by atoms with Crippen LogP contribution in [0.5, 0.6) is 0 Å². The average Bonchev–Trinajstić information content (AvgIpc) is 3.25. The van der Waals surface area contributed by atoms with Crippen LogP contribution in [0.4, 0.5) is 5.13 Å². The largest absolute Gasteiger partial charge is 0.376 e. The van der Waals surface area contributed by atoms with Crippen LogP contribution in [0.25, 0.3) is 0 Å². The van der Waals surface area contributed by atoms with E-state index < -0.39 is 0 Å².